The van der Waals surface area contributed by atoms with Crippen LogP contribution in [0.4, 0.5) is 5.82 Å². The van der Waals surface area contributed by atoms with Crippen LogP contribution in [0.3, 0.4) is 0 Å². The Kier molecular flexibility index (Phi) is 5.99. The zero-order chi connectivity index (χ0) is 19.1. The van der Waals surface area contributed by atoms with Crippen LogP contribution in [0.15, 0.2) is 60.9 Å². The molecule has 2 N–H and O–H groups in total. The van der Waals surface area contributed by atoms with Crippen molar-refractivity contribution >= 4 is 11.7 Å². The fraction of sp³-hybridized carbons (Fsp3) is 0.190. The number of methoxy groups -OCH3 is 1. The first-order valence-electron chi connectivity index (χ1n) is 8.67. The van der Waals surface area contributed by atoms with E-state index in [4.69, 9.17) is 4.74 Å². The Morgan fingerprint density at radius 2 is 1.78 bits per heavy atom. The van der Waals surface area contributed by atoms with Gasteiger partial charge in [-0.2, -0.15) is 0 Å². The minimum Gasteiger partial charge on any atom is -0.497 e. The summed E-state index contributed by atoms with van der Waals surface area (Å²) in [5, 5.41) is 6.05. The lowest BCUT2D eigenvalue weighted by Gasteiger charge is -2.09. The maximum atomic E-state index is 12.2. The summed E-state index contributed by atoms with van der Waals surface area (Å²) in [6.45, 7) is 3.14. The fourth-order valence-corrected chi connectivity index (χ4v) is 2.55. The molecule has 138 valence electrons. The Morgan fingerprint density at radius 3 is 2.44 bits per heavy atom. The van der Waals surface area contributed by atoms with Crippen LogP contribution >= 0.6 is 0 Å². The summed E-state index contributed by atoms with van der Waals surface area (Å²) in [6.07, 6.45) is 3.05. The molecule has 6 nitrogen and oxygen atoms in total. The summed E-state index contributed by atoms with van der Waals surface area (Å²) >= 11 is 0. The average molecular weight is 362 g/mol. The second-order valence-electron chi connectivity index (χ2n) is 6.10. The standard InChI is InChI=1S/C21H22N4O2/c1-15-5-3-4-6-17(15)12-23-20-14-22-19(13-24-20)21(26)25-11-16-7-9-18(27-2)10-8-16/h3-10,13-14H,11-12H2,1-2H3,(H,23,24)(H,25,26). The van der Waals surface area contributed by atoms with Crippen molar-refractivity contribution < 1.29 is 9.53 Å². The van der Waals surface area contributed by atoms with E-state index < -0.39 is 0 Å². The number of hydrogen-bond acceptors (Lipinski definition) is 5. The molecule has 0 bridgehead atoms. The Morgan fingerprint density at radius 1 is 1.00 bits per heavy atom. The van der Waals surface area contributed by atoms with Crippen LogP contribution in [0.2, 0.25) is 0 Å². The zero-order valence-electron chi connectivity index (χ0n) is 15.4. The lowest BCUT2D eigenvalue weighted by atomic mass is 10.1. The molecule has 0 saturated heterocycles. The van der Waals surface area contributed by atoms with Gasteiger partial charge in [-0.15, -0.1) is 0 Å². The van der Waals surface area contributed by atoms with Gasteiger partial charge in [0, 0.05) is 13.1 Å². The van der Waals surface area contributed by atoms with Gasteiger partial charge in [0.25, 0.3) is 5.91 Å². The highest BCUT2D eigenvalue weighted by Gasteiger charge is 2.08. The first kappa shape index (κ1) is 18.4. The molecule has 0 fully saturated rings. The molecule has 0 spiro atoms. The van der Waals surface area contributed by atoms with Gasteiger partial charge in [-0.1, -0.05) is 36.4 Å². The molecule has 3 rings (SSSR count). The number of ether oxygens (including phenoxy) is 1. The number of carbonyl (C=O) groups excluding carboxylic acids is 1. The maximum Gasteiger partial charge on any atom is 0.271 e. The summed E-state index contributed by atoms with van der Waals surface area (Å²) in [7, 11) is 1.62. The molecule has 1 heterocycles. The number of carbonyl (C=O) groups is 1. The van der Waals surface area contributed by atoms with Crippen LogP contribution in [0, 0.1) is 6.92 Å². The molecule has 2 aromatic carbocycles. The fourth-order valence-electron chi connectivity index (χ4n) is 2.55. The van der Waals surface area contributed by atoms with Gasteiger partial charge in [0.05, 0.1) is 19.5 Å². The molecule has 27 heavy (non-hydrogen) atoms. The summed E-state index contributed by atoms with van der Waals surface area (Å²) in [5.74, 6) is 1.15. The molecule has 0 atom stereocenters. The highest BCUT2D eigenvalue weighted by Crippen LogP contribution is 2.12. The zero-order valence-corrected chi connectivity index (χ0v) is 15.4. The van der Waals surface area contributed by atoms with Gasteiger partial charge in [-0.25, -0.2) is 9.97 Å². The monoisotopic (exact) mass is 362 g/mol. The smallest absolute Gasteiger partial charge is 0.271 e. The van der Waals surface area contributed by atoms with Crippen molar-refractivity contribution in [3.05, 3.63) is 83.3 Å². The molecular weight excluding hydrogens is 340 g/mol. The van der Waals surface area contributed by atoms with E-state index in [1.165, 1.54) is 17.3 Å². The number of aromatic nitrogens is 2. The van der Waals surface area contributed by atoms with Crippen molar-refractivity contribution in [3.63, 3.8) is 0 Å². The van der Waals surface area contributed by atoms with Crippen LogP contribution in [0.1, 0.15) is 27.2 Å². The number of rotatable bonds is 7. The first-order chi connectivity index (χ1) is 13.2. The van der Waals surface area contributed by atoms with Crippen molar-refractivity contribution in [2.75, 3.05) is 12.4 Å². The largest absolute Gasteiger partial charge is 0.497 e. The Bertz CT molecular complexity index is 893. The molecule has 0 aliphatic rings. The van der Waals surface area contributed by atoms with Crippen molar-refractivity contribution in [2.24, 2.45) is 0 Å². The summed E-state index contributed by atoms with van der Waals surface area (Å²) < 4.78 is 5.12. The highest BCUT2D eigenvalue weighted by atomic mass is 16.5. The number of amides is 1. The Hall–Kier alpha value is -3.41. The lowest BCUT2D eigenvalue weighted by Crippen LogP contribution is -2.24. The first-order valence-corrected chi connectivity index (χ1v) is 8.67. The Labute approximate surface area is 158 Å². The molecule has 3 aromatic rings. The lowest BCUT2D eigenvalue weighted by molar-refractivity contribution is 0.0945. The van der Waals surface area contributed by atoms with Crippen LogP contribution in [-0.4, -0.2) is 23.0 Å². The van der Waals surface area contributed by atoms with E-state index in [1.807, 2.05) is 36.4 Å². The normalized spacial score (nSPS) is 10.3. The highest BCUT2D eigenvalue weighted by molar-refractivity contribution is 5.91. The third-order valence-corrected chi connectivity index (χ3v) is 4.22. The van der Waals surface area contributed by atoms with Gasteiger partial charge in [0.2, 0.25) is 0 Å². The molecule has 0 saturated carbocycles. The van der Waals surface area contributed by atoms with Gasteiger partial charge in [0.15, 0.2) is 0 Å². The second kappa shape index (κ2) is 8.80. The number of hydrogen-bond donors (Lipinski definition) is 2. The maximum absolute atomic E-state index is 12.2. The van der Waals surface area contributed by atoms with Crippen molar-refractivity contribution in [3.8, 4) is 5.75 Å². The van der Waals surface area contributed by atoms with Gasteiger partial charge in [-0.3, -0.25) is 4.79 Å². The Balaban J connectivity index is 1.52. The van der Waals surface area contributed by atoms with E-state index in [-0.39, 0.29) is 11.6 Å². The SMILES string of the molecule is COc1ccc(CNC(=O)c2cnc(NCc3ccccc3C)cn2)cc1. The van der Waals surface area contributed by atoms with Gasteiger partial charge >= 0.3 is 0 Å². The molecular formula is C21H22N4O2. The molecule has 1 amide bonds. The topological polar surface area (TPSA) is 76.1 Å². The van der Waals surface area contributed by atoms with Crippen molar-refractivity contribution in [1.29, 1.82) is 0 Å². The summed E-state index contributed by atoms with van der Waals surface area (Å²) in [4.78, 5) is 20.7. The predicted molar refractivity (Wildman–Crippen MR) is 105 cm³/mol. The van der Waals surface area contributed by atoms with Gasteiger partial charge in [-0.05, 0) is 35.7 Å². The quantitative estimate of drug-likeness (QED) is 0.674. The number of anilines is 1. The van der Waals surface area contributed by atoms with Gasteiger partial charge < -0.3 is 15.4 Å². The van der Waals surface area contributed by atoms with Gasteiger partial charge in [0.1, 0.15) is 17.3 Å². The number of nitrogens with zero attached hydrogens (tertiary/aromatic N) is 2. The average Bonchev–Trinajstić information content (AvgIpc) is 2.72. The molecule has 0 aliphatic heterocycles. The minimum absolute atomic E-state index is 0.260. The predicted octanol–water partition coefficient (Wildman–Crippen LogP) is 3.34. The third kappa shape index (κ3) is 5.04. The van der Waals surface area contributed by atoms with E-state index >= 15 is 0 Å². The van der Waals surface area contributed by atoms with E-state index in [1.54, 1.807) is 13.3 Å². The van der Waals surface area contributed by atoms with Crippen LogP contribution in [0.5, 0.6) is 5.75 Å². The third-order valence-electron chi connectivity index (χ3n) is 4.22. The number of benzene rings is 2. The van der Waals surface area contributed by atoms with Crippen LogP contribution in [0.25, 0.3) is 0 Å². The summed E-state index contributed by atoms with van der Waals surface area (Å²) in [6, 6.07) is 15.7. The molecule has 0 radical (unpaired) electrons. The van der Waals surface area contributed by atoms with E-state index in [9.17, 15) is 4.79 Å². The second-order valence-corrected chi connectivity index (χ2v) is 6.10. The molecule has 6 heteroatoms. The van der Waals surface area contributed by atoms with E-state index in [2.05, 4.69) is 39.7 Å². The van der Waals surface area contributed by atoms with Crippen LogP contribution < -0.4 is 15.4 Å². The minimum atomic E-state index is -0.260. The van der Waals surface area contributed by atoms with E-state index in [0.717, 1.165) is 11.3 Å². The molecule has 1 aromatic heterocycles. The van der Waals surface area contributed by atoms with Crippen LogP contribution in [-0.2, 0) is 13.1 Å². The van der Waals surface area contributed by atoms with E-state index in [0.29, 0.717) is 18.9 Å². The molecule has 0 aliphatic carbocycles. The number of aryl methyl sites for hydroxylation is 1. The number of nitrogens with one attached hydrogen (secondary N) is 2. The molecule has 0 unspecified atom stereocenters. The van der Waals surface area contributed by atoms with Crippen molar-refractivity contribution in [1.82, 2.24) is 15.3 Å². The van der Waals surface area contributed by atoms with Crippen molar-refractivity contribution in [2.45, 2.75) is 20.0 Å². The summed E-state index contributed by atoms with van der Waals surface area (Å²) in [5.41, 5.74) is 3.67.